The zero-order valence-electron chi connectivity index (χ0n) is 20.8. The van der Waals surface area contributed by atoms with E-state index in [-0.39, 0.29) is 12.3 Å². The van der Waals surface area contributed by atoms with Crippen LogP contribution in [0.3, 0.4) is 0 Å². The highest BCUT2D eigenvalue weighted by molar-refractivity contribution is 8.12. The molecule has 1 N–H and O–H groups in total. The molecule has 0 aromatic heterocycles. The first-order valence-electron chi connectivity index (χ1n) is 11.6. The van der Waals surface area contributed by atoms with E-state index in [1.807, 2.05) is 0 Å². The van der Waals surface area contributed by atoms with E-state index in [2.05, 4.69) is 86.3 Å². The van der Waals surface area contributed by atoms with Crippen molar-refractivity contribution in [3.05, 3.63) is 63.6 Å². The van der Waals surface area contributed by atoms with Crippen LogP contribution in [-0.4, -0.2) is 11.1 Å². The van der Waals surface area contributed by atoms with Crippen LogP contribution in [0.15, 0.2) is 41.3 Å². The molecule has 0 fully saturated rings. The first-order valence-corrected chi connectivity index (χ1v) is 12.4. The minimum atomic E-state index is -0.729. The van der Waals surface area contributed by atoms with Crippen LogP contribution in [0.2, 0.25) is 0 Å². The van der Waals surface area contributed by atoms with Crippen molar-refractivity contribution >= 4 is 22.6 Å². The van der Waals surface area contributed by atoms with E-state index in [1.165, 1.54) is 32.7 Å². The molecule has 1 aromatic carbocycles. The minimum Gasteiger partial charge on any atom is -0.481 e. The molecular formula is C28H42O2S. The Bertz CT molecular complexity index is 828. The molecule has 0 radical (unpaired) electrons. The number of carboxylic acids is 1. The molecule has 1 rings (SSSR count). The summed E-state index contributed by atoms with van der Waals surface area (Å²) in [7, 11) is 0. The lowest BCUT2D eigenvalue weighted by atomic mass is 9.86. The van der Waals surface area contributed by atoms with Crippen LogP contribution >= 0.6 is 11.8 Å². The second-order valence-electron chi connectivity index (χ2n) is 9.32. The highest BCUT2D eigenvalue weighted by Crippen LogP contribution is 2.44. The maximum Gasteiger partial charge on any atom is 0.303 e. The van der Waals surface area contributed by atoms with Gasteiger partial charge in [0.15, 0.2) is 0 Å². The zero-order valence-corrected chi connectivity index (χ0v) is 21.7. The maximum absolute atomic E-state index is 11.7. The molecule has 3 heteroatoms. The second-order valence-corrected chi connectivity index (χ2v) is 10.5. The fraction of sp³-hybridized carbons (Fsp3) is 0.536. The SMILES string of the molecule is C=C(/C=C\C(C)C)S/C(=C(/C)[C@H](CCCC)CC(=O)O)c1c(C)cc(C)cc1C(C)C. The Morgan fingerprint density at radius 2 is 1.84 bits per heavy atom. The van der Waals surface area contributed by atoms with Gasteiger partial charge in [0.1, 0.15) is 0 Å². The molecule has 2 nitrogen and oxygen atoms in total. The van der Waals surface area contributed by atoms with Crippen LogP contribution in [0.5, 0.6) is 0 Å². The van der Waals surface area contributed by atoms with Gasteiger partial charge in [-0.2, -0.15) is 0 Å². The predicted molar refractivity (Wildman–Crippen MR) is 139 cm³/mol. The third kappa shape index (κ3) is 8.73. The molecule has 0 saturated heterocycles. The standard InChI is InChI=1S/C28H42O2S/c1-10-11-12-24(17-26(29)30)23(9)28(31-22(8)14-13-18(2)3)27-21(7)15-20(6)16-25(27)19(4)5/h13-16,18-19,24H,8,10-12,17H2,1-7,9H3,(H,29,30)/b14-13-,28-23-/t24-/m1/s1. The van der Waals surface area contributed by atoms with Gasteiger partial charge >= 0.3 is 5.97 Å². The summed E-state index contributed by atoms with van der Waals surface area (Å²) in [5.41, 5.74) is 6.27. The van der Waals surface area contributed by atoms with Crippen LogP contribution in [0.25, 0.3) is 4.91 Å². The van der Waals surface area contributed by atoms with Gasteiger partial charge < -0.3 is 5.11 Å². The van der Waals surface area contributed by atoms with E-state index in [0.717, 1.165) is 24.2 Å². The monoisotopic (exact) mass is 442 g/mol. The normalized spacial score (nSPS) is 13.7. The van der Waals surface area contributed by atoms with Gasteiger partial charge in [-0.05, 0) is 61.6 Å². The fourth-order valence-electron chi connectivity index (χ4n) is 3.88. The maximum atomic E-state index is 11.7. The number of rotatable bonds is 12. The summed E-state index contributed by atoms with van der Waals surface area (Å²) in [5.74, 6) is 0.142. The van der Waals surface area contributed by atoms with Crippen molar-refractivity contribution < 1.29 is 9.90 Å². The highest BCUT2D eigenvalue weighted by Gasteiger charge is 2.23. The summed E-state index contributed by atoms with van der Waals surface area (Å²) in [6.45, 7) is 21.7. The Kier molecular flexibility index (Phi) is 11.4. The average molecular weight is 443 g/mol. The molecule has 0 saturated carbocycles. The van der Waals surface area contributed by atoms with Gasteiger partial charge in [0.05, 0.1) is 6.42 Å². The van der Waals surface area contributed by atoms with Crippen molar-refractivity contribution in [1.29, 1.82) is 0 Å². The van der Waals surface area contributed by atoms with E-state index in [9.17, 15) is 9.90 Å². The van der Waals surface area contributed by atoms with Gasteiger partial charge in [0, 0.05) is 9.81 Å². The number of carboxylic acid groups (broad SMARTS) is 1. The molecule has 0 aliphatic rings. The number of carbonyl (C=O) groups is 1. The highest BCUT2D eigenvalue weighted by atomic mass is 32.2. The second kappa shape index (κ2) is 13.0. The summed E-state index contributed by atoms with van der Waals surface area (Å²) in [6.07, 6.45) is 7.43. The lowest BCUT2D eigenvalue weighted by Gasteiger charge is -2.25. The van der Waals surface area contributed by atoms with E-state index in [1.54, 1.807) is 11.8 Å². The molecule has 31 heavy (non-hydrogen) atoms. The van der Waals surface area contributed by atoms with Gasteiger partial charge in [-0.25, -0.2) is 0 Å². The minimum absolute atomic E-state index is 0.0301. The molecule has 0 unspecified atom stereocenters. The number of hydrogen-bond donors (Lipinski definition) is 1. The third-order valence-corrected chi connectivity index (χ3v) is 6.69. The van der Waals surface area contributed by atoms with Crippen LogP contribution in [0.4, 0.5) is 0 Å². The van der Waals surface area contributed by atoms with Crippen LogP contribution in [0.1, 0.15) is 95.4 Å². The third-order valence-electron chi connectivity index (χ3n) is 5.56. The number of hydrogen-bond acceptors (Lipinski definition) is 2. The molecule has 0 aliphatic heterocycles. The summed E-state index contributed by atoms with van der Waals surface area (Å²) >= 11 is 1.69. The molecular weight excluding hydrogens is 400 g/mol. The quantitative estimate of drug-likeness (QED) is 0.328. The van der Waals surface area contributed by atoms with E-state index in [4.69, 9.17) is 0 Å². The Balaban J connectivity index is 3.70. The molecule has 172 valence electrons. The number of aliphatic carboxylic acids is 1. The number of aryl methyl sites for hydroxylation is 2. The van der Waals surface area contributed by atoms with Crippen molar-refractivity contribution in [2.45, 2.75) is 87.0 Å². The molecule has 1 aromatic rings. The lowest BCUT2D eigenvalue weighted by Crippen LogP contribution is -2.11. The molecule has 0 spiro atoms. The Hall–Kier alpha value is -1.74. The largest absolute Gasteiger partial charge is 0.481 e. The lowest BCUT2D eigenvalue weighted by molar-refractivity contribution is -0.137. The van der Waals surface area contributed by atoms with Crippen molar-refractivity contribution in [1.82, 2.24) is 0 Å². The topological polar surface area (TPSA) is 37.3 Å². The Morgan fingerprint density at radius 3 is 2.35 bits per heavy atom. The smallest absolute Gasteiger partial charge is 0.303 e. The molecule has 0 heterocycles. The number of unbranched alkanes of at least 4 members (excludes halogenated alkanes) is 1. The van der Waals surface area contributed by atoms with Crippen LogP contribution < -0.4 is 0 Å². The summed E-state index contributed by atoms with van der Waals surface area (Å²) in [4.78, 5) is 13.8. The van der Waals surface area contributed by atoms with Gasteiger partial charge in [-0.15, -0.1) is 0 Å². The Morgan fingerprint density at radius 1 is 1.19 bits per heavy atom. The van der Waals surface area contributed by atoms with E-state index < -0.39 is 5.97 Å². The zero-order chi connectivity index (χ0) is 23.7. The molecule has 0 bridgehead atoms. The first kappa shape index (κ1) is 27.3. The van der Waals surface area contributed by atoms with E-state index >= 15 is 0 Å². The summed E-state index contributed by atoms with van der Waals surface area (Å²) < 4.78 is 0. The van der Waals surface area contributed by atoms with Crippen molar-refractivity contribution in [3.63, 3.8) is 0 Å². The molecule has 0 amide bonds. The average Bonchev–Trinajstić information content (AvgIpc) is 2.66. The van der Waals surface area contributed by atoms with Crippen molar-refractivity contribution in [2.24, 2.45) is 11.8 Å². The number of benzene rings is 1. The van der Waals surface area contributed by atoms with Crippen molar-refractivity contribution in [3.8, 4) is 0 Å². The molecule has 1 atom stereocenters. The van der Waals surface area contributed by atoms with Gasteiger partial charge in [-0.1, -0.05) is 101 Å². The van der Waals surface area contributed by atoms with Gasteiger partial charge in [0.25, 0.3) is 0 Å². The number of allylic oxidation sites excluding steroid dienone is 3. The Labute approximate surface area is 194 Å². The van der Waals surface area contributed by atoms with Crippen LogP contribution in [0, 0.1) is 25.7 Å². The summed E-state index contributed by atoms with van der Waals surface area (Å²) in [6, 6.07) is 4.52. The van der Waals surface area contributed by atoms with Crippen molar-refractivity contribution in [2.75, 3.05) is 0 Å². The molecule has 0 aliphatic carbocycles. The van der Waals surface area contributed by atoms with Gasteiger partial charge in [-0.3, -0.25) is 4.79 Å². The number of thioether (sulfide) groups is 1. The van der Waals surface area contributed by atoms with Crippen LogP contribution in [-0.2, 0) is 4.79 Å². The first-order chi connectivity index (χ1) is 14.5. The van der Waals surface area contributed by atoms with E-state index in [0.29, 0.717) is 11.8 Å². The predicted octanol–water partition coefficient (Wildman–Crippen LogP) is 8.90. The fourth-order valence-corrected chi connectivity index (χ4v) is 5.00. The summed E-state index contributed by atoms with van der Waals surface area (Å²) in [5, 5.41) is 9.59. The van der Waals surface area contributed by atoms with Gasteiger partial charge in [0.2, 0.25) is 0 Å².